The van der Waals surface area contributed by atoms with Crippen molar-refractivity contribution in [2.24, 2.45) is 0 Å². The van der Waals surface area contributed by atoms with Gasteiger partial charge >= 0.3 is 6.09 Å². The van der Waals surface area contributed by atoms with E-state index in [2.05, 4.69) is 15.6 Å². The molecule has 0 bridgehead atoms. The second-order valence-corrected chi connectivity index (χ2v) is 6.01. The third-order valence-corrected chi connectivity index (χ3v) is 2.70. The molecule has 1 aromatic rings. The number of aromatic nitrogens is 1. The molecular formula is C12H19F2N3O2S. The van der Waals surface area contributed by atoms with Crippen LogP contribution in [0.5, 0.6) is 0 Å². The highest BCUT2D eigenvalue weighted by Gasteiger charge is 2.30. The molecule has 0 fully saturated rings. The SMILES string of the molecule is CC(C)(C)OC(=O)NCC(F)(F)CNCc1cscn1. The molecule has 114 valence electrons. The van der Waals surface area contributed by atoms with Crippen LogP contribution in [0.15, 0.2) is 10.9 Å². The van der Waals surface area contributed by atoms with Crippen molar-refractivity contribution in [2.75, 3.05) is 13.1 Å². The van der Waals surface area contributed by atoms with Gasteiger partial charge in [0.05, 0.1) is 24.3 Å². The van der Waals surface area contributed by atoms with Crippen LogP contribution in [0.3, 0.4) is 0 Å². The fraction of sp³-hybridized carbons (Fsp3) is 0.667. The van der Waals surface area contributed by atoms with E-state index in [9.17, 15) is 13.6 Å². The predicted octanol–water partition coefficient (Wildman–Crippen LogP) is 2.39. The molecule has 1 rings (SSSR count). The molecule has 20 heavy (non-hydrogen) atoms. The predicted molar refractivity (Wildman–Crippen MR) is 73.0 cm³/mol. The first kappa shape index (κ1) is 16.8. The Morgan fingerprint density at radius 1 is 1.40 bits per heavy atom. The first-order valence-electron chi connectivity index (χ1n) is 6.10. The van der Waals surface area contributed by atoms with Crippen molar-refractivity contribution in [1.29, 1.82) is 0 Å². The zero-order chi connectivity index (χ0) is 15.2. The topological polar surface area (TPSA) is 63.2 Å². The lowest BCUT2D eigenvalue weighted by atomic mass is 10.2. The molecule has 1 amide bonds. The number of alkyl halides is 2. The van der Waals surface area contributed by atoms with Gasteiger partial charge in [-0.2, -0.15) is 0 Å². The third-order valence-electron chi connectivity index (χ3n) is 2.06. The smallest absolute Gasteiger partial charge is 0.407 e. The van der Waals surface area contributed by atoms with Crippen molar-refractivity contribution in [3.8, 4) is 0 Å². The number of ether oxygens (including phenoxy) is 1. The number of alkyl carbamates (subject to hydrolysis) is 1. The van der Waals surface area contributed by atoms with Crippen molar-refractivity contribution >= 4 is 17.4 Å². The summed E-state index contributed by atoms with van der Waals surface area (Å²) in [6.07, 6.45) is -0.850. The molecule has 0 aromatic carbocycles. The number of nitrogens with zero attached hydrogens (tertiary/aromatic N) is 1. The average molecular weight is 307 g/mol. The van der Waals surface area contributed by atoms with E-state index in [1.807, 2.05) is 0 Å². The van der Waals surface area contributed by atoms with Crippen LogP contribution in [0.25, 0.3) is 0 Å². The molecule has 0 aliphatic rings. The van der Waals surface area contributed by atoms with Crippen molar-refractivity contribution in [3.05, 3.63) is 16.6 Å². The van der Waals surface area contributed by atoms with Gasteiger partial charge in [-0.1, -0.05) is 0 Å². The highest BCUT2D eigenvalue weighted by atomic mass is 32.1. The van der Waals surface area contributed by atoms with Crippen molar-refractivity contribution in [3.63, 3.8) is 0 Å². The summed E-state index contributed by atoms with van der Waals surface area (Å²) >= 11 is 1.40. The van der Waals surface area contributed by atoms with Crippen LogP contribution in [0, 0.1) is 0 Å². The lowest BCUT2D eigenvalue weighted by Gasteiger charge is -2.22. The van der Waals surface area contributed by atoms with Gasteiger partial charge in [-0.05, 0) is 20.8 Å². The van der Waals surface area contributed by atoms with Gasteiger partial charge < -0.3 is 15.4 Å². The van der Waals surface area contributed by atoms with Gasteiger partial charge in [0.15, 0.2) is 0 Å². The number of carbonyl (C=O) groups is 1. The maximum absolute atomic E-state index is 13.5. The minimum Gasteiger partial charge on any atom is -0.444 e. The first-order chi connectivity index (χ1) is 9.18. The molecule has 2 N–H and O–H groups in total. The minimum atomic E-state index is -3.05. The number of hydrogen-bond donors (Lipinski definition) is 2. The summed E-state index contributed by atoms with van der Waals surface area (Å²) in [5.41, 5.74) is 1.65. The Balaban J connectivity index is 2.25. The van der Waals surface area contributed by atoms with E-state index in [1.165, 1.54) is 11.3 Å². The Kier molecular flexibility index (Phi) is 5.82. The fourth-order valence-electron chi connectivity index (χ4n) is 1.28. The van der Waals surface area contributed by atoms with Gasteiger partial charge in [0.25, 0.3) is 5.92 Å². The quantitative estimate of drug-likeness (QED) is 0.847. The van der Waals surface area contributed by atoms with Crippen LogP contribution in [-0.2, 0) is 11.3 Å². The lowest BCUT2D eigenvalue weighted by molar-refractivity contribution is -0.00380. The number of hydrogen-bond acceptors (Lipinski definition) is 5. The summed E-state index contributed by atoms with van der Waals surface area (Å²) in [5, 5.41) is 6.44. The Morgan fingerprint density at radius 3 is 2.65 bits per heavy atom. The molecule has 0 atom stereocenters. The summed E-state index contributed by atoms with van der Waals surface area (Å²) in [5.74, 6) is -3.05. The van der Waals surface area contributed by atoms with Crippen molar-refractivity contribution in [1.82, 2.24) is 15.6 Å². The summed E-state index contributed by atoms with van der Waals surface area (Å²) < 4.78 is 31.9. The van der Waals surface area contributed by atoms with E-state index in [0.717, 1.165) is 0 Å². The molecule has 1 aromatic heterocycles. The van der Waals surface area contributed by atoms with E-state index < -0.39 is 30.7 Å². The molecule has 5 nitrogen and oxygen atoms in total. The normalized spacial score (nSPS) is 12.2. The Morgan fingerprint density at radius 2 is 2.10 bits per heavy atom. The van der Waals surface area contributed by atoms with Gasteiger partial charge in [0.1, 0.15) is 5.60 Å². The van der Waals surface area contributed by atoms with Crippen molar-refractivity contribution in [2.45, 2.75) is 38.8 Å². The number of nitrogens with one attached hydrogen (secondary N) is 2. The van der Waals surface area contributed by atoms with E-state index in [0.29, 0.717) is 5.69 Å². The number of thiazole rings is 1. The van der Waals surface area contributed by atoms with Gasteiger partial charge in [0, 0.05) is 11.9 Å². The molecule has 1 heterocycles. The van der Waals surface area contributed by atoms with Gasteiger partial charge in [-0.25, -0.2) is 18.6 Å². The zero-order valence-corrected chi connectivity index (χ0v) is 12.5. The van der Waals surface area contributed by atoms with E-state index >= 15 is 0 Å². The highest BCUT2D eigenvalue weighted by molar-refractivity contribution is 7.07. The van der Waals surface area contributed by atoms with Gasteiger partial charge in [0.2, 0.25) is 0 Å². The summed E-state index contributed by atoms with van der Waals surface area (Å²) in [6, 6.07) is 0. The molecule has 8 heteroatoms. The largest absolute Gasteiger partial charge is 0.444 e. The monoisotopic (exact) mass is 307 g/mol. The molecule has 0 radical (unpaired) electrons. The van der Waals surface area contributed by atoms with Crippen LogP contribution in [0.4, 0.5) is 13.6 Å². The van der Waals surface area contributed by atoms with Crippen LogP contribution < -0.4 is 10.6 Å². The van der Waals surface area contributed by atoms with Crippen LogP contribution in [0.2, 0.25) is 0 Å². The van der Waals surface area contributed by atoms with Crippen LogP contribution in [-0.4, -0.2) is 35.7 Å². The van der Waals surface area contributed by atoms with E-state index in [4.69, 9.17) is 4.74 Å². The van der Waals surface area contributed by atoms with E-state index in [-0.39, 0.29) is 6.54 Å². The molecule has 0 spiro atoms. The molecule has 0 unspecified atom stereocenters. The summed E-state index contributed by atoms with van der Waals surface area (Å²) in [6.45, 7) is 3.96. The number of carbonyl (C=O) groups excluding carboxylic acids is 1. The van der Waals surface area contributed by atoms with Crippen LogP contribution in [0.1, 0.15) is 26.5 Å². The minimum absolute atomic E-state index is 0.269. The Hall–Kier alpha value is -1.28. The third kappa shape index (κ3) is 7.34. The maximum atomic E-state index is 13.5. The average Bonchev–Trinajstić information content (AvgIpc) is 2.77. The number of halogens is 2. The maximum Gasteiger partial charge on any atom is 0.407 e. The fourth-order valence-corrected chi connectivity index (χ4v) is 1.83. The zero-order valence-electron chi connectivity index (χ0n) is 11.7. The van der Waals surface area contributed by atoms with Crippen molar-refractivity contribution < 1.29 is 18.3 Å². The number of amides is 1. The molecule has 0 saturated carbocycles. The Bertz CT molecular complexity index is 419. The first-order valence-corrected chi connectivity index (χ1v) is 7.05. The summed E-state index contributed by atoms with van der Waals surface area (Å²) in [7, 11) is 0. The molecular weight excluding hydrogens is 288 g/mol. The second-order valence-electron chi connectivity index (χ2n) is 5.29. The van der Waals surface area contributed by atoms with Crippen LogP contribution >= 0.6 is 11.3 Å². The number of rotatable bonds is 6. The standard InChI is InChI=1S/C12H19F2N3O2S/c1-11(2,3)19-10(18)16-7-12(13,14)6-15-4-9-5-20-8-17-9/h5,8,15H,4,6-7H2,1-3H3,(H,16,18). The molecule has 0 aliphatic heterocycles. The highest BCUT2D eigenvalue weighted by Crippen LogP contribution is 2.12. The lowest BCUT2D eigenvalue weighted by Crippen LogP contribution is -2.44. The van der Waals surface area contributed by atoms with Gasteiger partial charge in [-0.15, -0.1) is 11.3 Å². The Labute approximate surface area is 120 Å². The van der Waals surface area contributed by atoms with Gasteiger partial charge in [-0.3, -0.25) is 0 Å². The molecule has 0 aliphatic carbocycles. The summed E-state index contributed by atoms with van der Waals surface area (Å²) in [4.78, 5) is 15.2. The van der Waals surface area contributed by atoms with E-state index in [1.54, 1.807) is 31.7 Å². The molecule has 0 saturated heterocycles. The second kappa shape index (κ2) is 6.94.